The number of nitrogens with one attached hydrogen (secondary N) is 1. The zero-order valence-corrected chi connectivity index (χ0v) is 6.02. The van der Waals surface area contributed by atoms with Gasteiger partial charge < -0.3 is 10.4 Å². The highest BCUT2D eigenvalue weighted by Gasteiger charge is 2.29. The topological polar surface area (TPSA) is 75.4 Å². The molecule has 0 saturated heterocycles. The van der Waals surface area contributed by atoms with Crippen molar-refractivity contribution in [3.05, 3.63) is 11.6 Å². The molecule has 0 aromatic rings. The molecule has 0 aromatic carbocycles. The largest absolute Gasteiger partial charge is 0.481 e. The summed E-state index contributed by atoms with van der Waals surface area (Å²) in [5.41, 5.74) is 5.57. The smallest absolute Gasteiger partial charge is 0.308 e. The van der Waals surface area contributed by atoms with Gasteiger partial charge in [-0.25, -0.2) is 0 Å². The van der Waals surface area contributed by atoms with Crippen LogP contribution < -0.4 is 11.1 Å². The quantitative estimate of drug-likeness (QED) is 0.525. The molecule has 1 aliphatic rings. The van der Waals surface area contributed by atoms with Crippen LogP contribution in [0, 0.1) is 0 Å². The Morgan fingerprint density at radius 2 is 2.60 bits per heavy atom. The van der Waals surface area contributed by atoms with E-state index in [2.05, 4.69) is 5.32 Å². The van der Waals surface area contributed by atoms with Gasteiger partial charge in [0.05, 0.1) is 6.42 Å². The molecule has 4 nitrogen and oxygen atoms in total. The number of thioether (sulfide) groups is 1. The molecule has 56 valence electrons. The van der Waals surface area contributed by atoms with Crippen molar-refractivity contribution in [1.29, 1.82) is 0 Å². The molecule has 0 saturated carbocycles. The van der Waals surface area contributed by atoms with E-state index in [-0.39, 0.29) is 6.42 Å². The Morgan fingerprint density at radius 1 is 1.90 bits per heavy atom. The first-order chi connectivity index (χ1) is 4.62. The number of carbonyl (C=O) groups is 1. The van der Waals surface area contributed by atoms with Crippen LogP contribution in [-0.4, -0.2) is 16.1 Å². The summed E-state index contributed by atoms with van der Waals surface area (Å²) in [5.74, 6) is -0.897. The number of carboxylic acids is 1. The summed E-state index contributed by atoms with van der Waals surface area (Å²) in [6.45, 7) is 0. The van der Waals surface area contributed by atoms with Gasteiger partial charge in [0.25, 0.3) is 0 Å². The lowest BCUT2D eigenvalue weighted by Gasteiger charge is -2.20. The number of rotatable bonds is 2. The lowest BCUT2D eigenvalue weighted by molar-refractivity contribution is -0.137. The van der Waals surface area contributed by atoms with Crippen LogP contribution in [0.4, 0.5) is 0 Å². The monoisotopic (exact) mass is 160 g/mol. The molecule has 10 heavy (non-hydrogen) atoms. The van der Waals surface area contributed by atoms with E-state index in [1.54, 1.807) is 11.6 Å². The second kappa shape index (κ2) is 2.51. The second-order valence-corrected chi connectivity index (χ2v) is 3.26. The molecule has 1 rings (SSSR count). The Kier molecular flexibility index (Phi) is 1.87. The zero-order valence-electron chi connectivity index (χ0n) is 5.20. The molecule has 5 heteroatoms. The van der Waals surface area contributed by atoms with Crippen LogP contribution in [0.1, 0.15) is 6.42 Å². The maximum atomic E-state index is 10.2. The Balaban J connectivity index is 2.46. The van der Waals surface area contributed by atoms with Crippen molar-refractivity contribution < 1.29 is 9.90 Å². The average Bonchev–Trinajstić information content (AvgIpc) is 2.12. The Labute approximate surface area is 62.5 Å². The van der Waals surface area contributed by atoms with Crippen LogP contribution in [0.2, 0.25) is 0 Å². The van der Waals surface area contributed by atoms with Gasteiger partial charge in [0.1, 0.15) is 4.99 Å². The highest BCUT2D eigenvalue weighted by atomic mass is 32.2. The highest BCUT2D eigenvalue weighted by molar-refractivity contribution is 8.03. The molecule has 1 heterocycles. The fourth-order valence-corrected chi connectivity index (χ4v) is 1.40. The van der Waals surface area contributed by atoms with Gasteiger partial charge in [-0.15, -0.1) is 0 Å². The van der Waals surface area contributed by atoms with Gasteiger partial charge in [-0.05, 0) is 5.41 Å². The molecule has 0 spiro atoms. The van der Waals surface area contributed by atoms with Crippen LogP contribution in [0.15, 0.2) is 11.6 Å². The van der Waals surface area contributed by atoms with E-state index in [9.17, 15) is 4.79 Å². The van der Waals surface area contributed by atoms with Crippen LogP contribution in [-0.2, 0) is 4.79 Å². The van der Waals surface area contributed by atoms with E-state index < -0.39 is 11.0 Å². The van der Waals surface area contributed by atoms with Crippen molar-refractivity contribution in [1.82, 2.24) is 5.32 Å². The fourth-order valence-electron chi connectivity index (χ4n) is 0.682. The summed E-state index contributed by atoms with van der Waals surface area (Å²) >= 11 is 1.28. The second-order valence-electron chi connectivity index (χ2n) is 2.02. The number of carboxylic acid groups (broad SMARTS) is 1. The molecule has 1 aliphatic heterocycles. The molecular weight excluding hydrogens is 152 g/mol. The molecule has 0 aromatic heterocycles. The van der Waals surface area contributed by atoms with Crippen LogP contribution in [0.5, 0.6) is 0 Å². The number of nitrogens with two attached hydrogens (primary N) is 1. The van der Waals surface area contributed by atoms with Crippen molar-refractivity contribution in [2.24, 2.45) is 5.73 Å². The third-order valence-electron chi connectivity index (χ3n) is 1.09. The van der Waals surface area contributed by atoms with E-state index in [1.807, 2.05) is 0 Å². The van der Waals surface area contributed by atoms with Gasteiger partial charge in [0, 0.05) is 6.20 Å². The summed E-state index contributed by atoms with van der Waals surface area (Å²) in [5, 5.41) is 12.9. The molecule has 4 N–H and O–H groups in total. The minimum Gasteiger partial charge on any atom is -0.481 e. The summed E-state index contributed by atoms with van der Waals surface area (Å²) in [6, 6.07) is 0. The molecule has 0 aliphatic carbocycles. The van der Waals surface area contributed by atoms with E-state index in [0.717, 1.165) is 0 Å². The molecule has 0 amide bonds. The SMILES string of the molecule is NC1(CC(=O)O)NC=CS1. The summed E-state index contributed by atoms with van der Waals surface area (Å²) in [7, 11) is 0. The standard InChI is InChI=1S/C5H8N2O2S/c6-5(3-4(8)9)7-1-2-10-5/h1-2,7H,3,6H2,(H,8,9). The van der Waals surface area contributed by atoms with Gasteiger partial charge in [0.2, 0.25) is 0 Å². The molecular formula is C5H8N2O2S. The third kappa shape index (κ3) is 1.65. The van der Waals surface area contributed by atoms with Gasteiger partial charge in [-0.3, -0.25) is 10.5 Å². The molecule has 1 unspecified atom stereocenters. The summed E-state index contributed by atoms with van der Waals surface area (Å²) in [6.07, 6.45) is 1.57. The maximum absolute atomic E-state index is 10.2. The van der Waals surface area contributed by atoms with Crippen LogP contribution >= 0.6 is 11.8 Å². The number of hydrogen-bond donors (Lipinski definition) is 3. The van der Waals surface area contributed by atoms with Crippen molar-refractivity contribution in [2.75, 3.05) is 0 Å². The fraction of sp³-hybridized carbons (Fsp3) is 0.400. The van der Waals surface area contributed by atoms with Crippen LogP contribution in [0.3, 0.4) is 0 Å². The van der Waals surface area contributed by atoms with E-state index in [1.165, 1.54) is 11.8 Å². The lowest BCUT2D eigenvalue weighted by Crippen LogP contribution is -2.46. The van der Waals surface area contributed by atoms with Gasteiger partial charge >= 0.3 is 5.97 Å². The Bertz CT molecular complexity index is 172. The first-order valence-corrected chi connectivity index (χ1v) is 3.62. The molecule has 0 fully saturated rings. The van der Waals surface area contributed by atoms with Crippen molar-refractivity contribution in [2.45, 2.75) is 11.4 Å². The predicted molar refractivity (Wildman–Crippen MR) is 39.0 cm³/mol. The Morgan fingerprint density at radius 3 is 3.00 bits per heavy atom. The Hall–Kier alpha value is -0.680. The van der Waals surface area contributed by atoms with E-state index >= 15 is 0 Å². The van der Waals surface area contributed by atoms with Crippen molar-refractivity contribution >= 4 is 17.7 Å². The van der Waals surface area contributed by atoms with Gasteiger partial charge in [-0.1, -0.05) is 11.8 Å². The minimum atomic E-state index is -0.897. The maximum Gasteiger partial charge on any atom is 0.308 e. The summed E-state index contributed by atoms with van der Waals surface area (Å²) < 4.78 is 0. The first kappa shape index (κ1) is 7.43. The molecule has 0 radical (unpaired) electrons. The minimum absolute atomic E-state index is 0.0787. The average molecular weight is 160 g/mol. The van der Waals surface area contributed by atoms with Crippen molar-refractivity contribution in [3.8, 4) is 0 Å². The zero-order chi connectivity index (χ0) is 7.61. The first-order valence-electron chi connectivity index (χ1n) is 2.74. The normalized spacial score (nSPS) is 30.1. The van der Waals surface area contributed by atoms with Crippen LogP contribution in [0.25, 0.3) is 0 Å². The number of aliphatic carboxylic acids is 1. The number of hydrogen-bond acceptors (Lipinski definition) is 4. The molecule has 0 bridgehead atoms. The van der Waals surface area contributed by atoms with Gasteiger partial charge in [0.15, 0.2) is 0 Å². The highest BCUT2D eigenvalue weighted by Crippen LogP contribution is 2.25. The summed E-state index contributed by atoms with van der Waals surface area (Å²) in [4.78, 5) is 9.37. The van der Waals surface area contributed by atoms with Gasteiger partial charge in [-0.2, -0.15) is 0 Å². The molecule has 1 atom stereocenters. The van der Waals surface area contributed by atoms with Crippen molar-refractivity contribution in [3.63, 3.8) is 0 Å². The third-order valence-corrected chi connectivity index (χ3v) is 2.04. The lowest BCUT2D eigenvalue weighted by atomic mass is 10.3. The predicted octanol–water partition coefficient (Wildman–Crippen LogP) is -0.119. The van der Waals surface area contributed by atoms with E-state index in [4.69, 9.17) is 10.8 Å². The van der Waals surface area contributed by atoms with E-state index in [0.29, 0.717) is 0 Å².